The van der Waals surface area contributed by atoms with Crippen molar-refractivity contribution in [3.8, 4) is 0 Å². The van der Waals surface area contributed by atoms with Gasteiger partial charge in [-0.2, -0.15) is 0 Å². The topological polar surface area (TPSA) is 58.6 Å². The van der Waals surface area contributed by atoms with Crippen LogP contribution >= 0.6 is 12.4 Å². The van der Waals surface area contributed by atoms with Gasteiger partial charge in [-0.05, 0) is 50.2 Å². The lowest BCUT2D eigenvalue weighted by atomic mass is 10.0. The molecule has 1 amide bonds. The Bertz CT molecular complexity index is 504. The number of hydrogen-bond acceptors (Lipinski definition) is 4. The number of carbonyl (C=O) groups excluding carboxylic acids is 2. The van der Waals surface area contributed by atoms with Gasteiger partial charge in [-0.1, -0.05) is 0 Å². The van der Waals surface area contributed by atoms with Crippen LogP contribution < -0.4 is 5.32 Å². The summed E-state index contributed by atoms with van der Waals surface area (Å²) in [6.07, 6.45) is 1.56. The number of nitrogens with zero attached hydrogens (tertiary/aromatic N) is 1. The highest BCUT2D eigenvalue weighted by Gasteiger charge is 2.28. The van der Waals surface area contributed by atoms with Crippen LogP contribution in [0.5, 0.6) is 0 Å². The first-order valence-electron chi connectivity index (χ1n) is 6.96. The van der Waals surface area contributed by atoms with Gasteiger partial charge in [-0.3, -0.25) is 9.59 Å². The van der Waals surface area contributed by atoms with Gasteiger partial charge in [-0.15, -0.1) is 12.4 Å². The fourth-order valence-corrected chi connectivity index (χ4v) is 2.45. The number of rotatable bonds is 4. The normalized spacial score (nSPS) is 14.8. The molecule has 1 aromatic carbocycles. The SMILES string of the molecule is COC(=O)CN(C(=O)c1ccc(F)cc1)C1CCNCC1.Cl. The van der Waals surface area contributed by atoms with Crippen LogP contribution in [0.1, 0.15) is 23.2 Å². The first kappa shape index (κ1) is 18.4. The molecule has 0 radical (unpaired) electrons. The van der Waals surface area contributed by atoms with Gasteiger partial charge in [-0.25, -0.2) is 4.39 Å². The Morgan fingerprint density at radius 1 is 1.27 bits per heavy atom. The van der Waals surface area contributed by atoms with E-state index in [4.69, 9.17) is 0 Å². The van der Waals surface area contributed by atoms with Crippen LogP contribution in [0.4, 0.5) is 4.39 Å². The number of halogens is 2. The number of esters is 1. The molecule has 0 atom stereocenters. The Morgan fingerprint density at radius 3 is 2.41 bits per heavy atom. The Labute approximate surface area is 135 Å². The maximum absolute atomic E-state index is 13.0. The molecule has 1 heterocycles. The van der Waals surface area contributed by atoms with E-state index in [9.17, 15) is 14.0 Å². The fourth-order valence-electron chi connectivity index (χ4n) is 2.45. The van der Waals surface area contributed by atoms with Crippen molar-refractivity contribution in [3.05, 3.63) is 35.6 Å². The van der Waals surface area contributed by atoms with Crippen molar-refractivity contribution in [2.24, 2.45) is 0 Å². The smallest absolute Gasteiger partial charge is 0.325 e. The number of methoxy groups -OCH3 is 1. The molecule has 0 bridgehead atoms. The van der Waals surface area contributed by atoms with Gasteiger partial charge in [0.1, 0.15) is 12.4 Å². The van der Waals surface area contributed by atoms with Crippen LogP contribution in [0.25, 0.3) is 0 Å². The zero-order chi connectivity index (χ0) is 15.2. The van der Waals surface area contributed by atoms with Crippen molar-refractivity contribution in [1.29, 1.82) is 0 Å². The van der Waals surface area contributed by atoms with Crippen LogP contribution in [0, 0.1) is 5.82 Å². The van der Waals surface area contributed by atoms with E-state index in [2.05, 4.69) is 10.1 Å². The number of ether oxygens (including phenoxy) is 1. The summed E-state index contributed by atoms with van der Waals surface area (Å²) >= 11 is 0. The predicted octanol–water partition coefficient (Wildman–Crippen LogP) is 1.61. The van der Waals surface area contributed by atoms with Crippen molar-refractivity contribution >= 4 is 24.3 Å². The lowest BCUT2D eigenvalue weighted by Crippen LogP contribution is -2.48. The molecule has 0 unspecified atom stereocenters. The summed E-state index contributed by atoms with van der Waals surface area (Å²) in [6.45, 7) is 1.52. The van der Waals surface area contributed by atoms with Gasteiger partial charge in [0.05, 0.1) is 7.11 Å². The van der Waals surface area contributed by atoms with Gasteiger partial charge < -0.3 is 15.0 Å². The number of nitrogens with one attached hydrogen (secondary N) is 1. The number of hydrogen-bond donors (Lipinski definition) is 1. The molecular formula is C15H20ClFN2O3. The van der Waals surface area contributed by atoms with Crippen LogP contribution in [0.2, 0.25) is 0 Å². The molecule has 1 aromatic rings. The largest absolute Gasteiger partial charge is 0.468 e. The third-order valence-corrected chi connectivity index (χ3v) is 3.63. The summed E-state index contributed by atoms with van der Waals surface area (Å²) in [7, 11) is 1.30. The van der Waals surface area contributed by atoms with Crippen molar-refractivity contribution in [2.45, 2.75) is 18.9 Å². The molecular weight excluding hydrogens is 311 g/mol. The summed E-state index contributed by atoms with van der Waals surface area (Å²) in [6, 6.07) is 5.34. The predicted molar refractivity (Wildman–Crippen MR) is 82.6 cm³/mol. The van der Waals surface area contributed by atoms with E-state index in [0.717, 1.165) is 25.9 Å². The highest BCUT2D eigenvalue weighted by atomic mass is 35.5. The molecule has 22 heavy (non-hydrogen) atoms. The van der Waals surface area contributed by atoms with Crippen molar-refractivity contribution in [2.75, 3.05) is 26.7 Å². The summed E-state index contributed by atoms with van der Waals surface area (Å²) in [5, 5.41) is 3.22. The van der Waals surface area contributed by atoms with Gasteiger partial charge >= 0.3 is 5.97 Å². The van der Waals surface area contributed by atoms with Crippen molar-refractivity contribution in [3.63, 3.8) is 0 Å². The van der Waals surface area contributed by atoms with E-state index < -0.39 is 11.8 Å². The highest BCUT2D eigenvalue weighted by Crippen LogP contribution is 2.16. The fraction of sp³-hybridized carbons (Fsp3) is 0.467. The molecule has 1 aliphatic rings. The van der Waals surface area contributed by atoms with E-state index >= 15 is 0 Å². The molecule has 7 heteroatoms. The minimum Gasteiger partial charge on any atom is -0.468 e. The van der Waals surface area contributed by atoms with Crippen molar-refractivity contribution in [1.82, 2.24) is 10.2 Å². The van der Waals surface area contributed by atoms with E-state index in [1.807, 2.05) is 0 Å². The molecule has 2 rings (SSSR count). The monoisotopic (exact) mass is 330 g/mol. The third-order valence-electron chi connectivity index (χ3n) is 3.63. The molecule has 1 saturated heterocycles. The number of piperidine rings is 1. The van der Waals surface area contributed by atoms with E-state index in [-0.39, 0.29) is 30.9 Å². The second-order valence-corrected chi connectivity index (χ2v) is 5.00. The first-order chi connectivity index (χ1) is 10.1. The lowest BCUT2D eigenvalue weighted by Gasteiger charge is -2.34. The van der Waals surface area contributed by atoms with E-state index in [1.54, 1.807) is 0 Å². The molecule has 122 valence electrons. The number of amides is 1. The molecule has 5 nitrogen and oxygen atoms in total. The van der Waals surface area contributed by atoms with E-state index in [1.165, 1.54) is 36.3 Å². The Morgan fingerprint density at radius 2 is 1.86 bits per heavy atom. The van der Waals surface area contributed by atoms with Crippen LogP contribution in [-0.4, -0.2) is 49.6 Å². The number of carbonyl (C=O) groups is 2. The number of benzene rings is 1. The molecule has 0 saturated carbocycles. The van der Waals surface area contributed by atoms with E-state index in [0.29, 0.717) is 5.56 Å². The second-order valence-electron chi connectivity index (χ2n) is 5.00. The Kier molecular flexibility index (Phi) is 7.27. The zero-order valence-corrected chi connectivity index (χ0v) is 13.2. The Balaban J connectivity index is 0.00000242. The quantitative estimate of drug-likeness (QED) is 0.852. The standard InChI is InChI=1S/C15H19FN2O3.ClH/c1-21-14(19)10-18(13-6-8-17-9-7-13)15(20)11-2-4-12(16)5-3-11;/h2-5,13,17H,6-10H2,1H3;1H. The van der Waals surface area contributed by atoms with Crippen LogP contribution in [-0.2, 0) is 9.53 Å². The maximum atomic E-state index is 13.0. The maximum Gasteiger partial charge on any atom is 0.325 e. The van der Waals surface area contributed by atoms with Crippen molar-refractivity contribution < 1.29 is 18.7 Å². The van der Waals surface area contributed by atoms with Gasteiger partial charge in [0.2, 0.25) is 0 Å². The van der Waals surface area contributed by atoms with Gasteiger partial charge in [0.25, 0.3) is 5.91 Å². The minimum atomic E-state index is -0.455. The molecule has 0 spiro atoms. The molecule has 1 N–H and O–H groups in total. The Hall–Kier alpha value is -1.66. The average Bonchev–Trinajstić information content (AvgIpc) is 2.53. The average molecular weight is 331 g/mol. The molecule has 0 aliphatic carbocycles. The summed E-state index contributed by atoms with van der Waals surface area (Å²) in [4.78, 5) is 25.7. The third kappa shape index (κ3) is 4.68. The molecule has 0 aromatic heterocycles. The highest BCUT2D eigenvalue weighted by molar-refractivity contribution is 5.96. The van der Waals surface area contributed by atoms with Crippen LogP contribution in [0.3, 0.4) is 0 Å². The lowest BCUT2D eigenvalue weighted by molar-refractivity contribution is -0.141. The molecule has 1 aliphatic heterocycles. The minimum absolute atomic E-state index is 0. The van der Waals surface area contributed by atoms with Gasteiger partial charge in [0, 0.05) is 11.6 Å². The first-order valence-corrected chi connectivity index (χ1v) is 6.96. The summed E-state index contributed by atoms with van der Waals surface area (Å²) < 4.78 is 17.6. The molecule has 1 fully saturated rings. The van der Waals surface area contributed by atoms with Crippen LogP contribution in [0.15, 0.2) is 24.3 Å². The summed E-state index contributed by atoms with van der Waals surface area (Å²) in [5.74, 6) is -1.12. The summed E-state index contributed by atoms with van der Waals surface area (Å²) in [5.41, 5.74) is 0.374. The van der Waals surface area contributed by atoms with Gasteiger partial charge in [0.15, 0.2) is 0 Å². The zero-order valence-electron chi connectivity index (χ0n) is 12.4. The second kappa shape index (κ2) is 8.70.